The van der Waals surface area contributed by atoms with E-state index in [1.165, 1.54) is 24.3 Å². The number of nitrogens with zero attached hydrogens (tertiary/aromatic N) is 2. The maximum absolute atomic E-state index is 13.2. The number of carbonyl (C=O) groups excluding carboxylic acids is 2. The first kappa shape index (κ1) is 23.3. The van der Waals surface area contributed by atoms with Gasteiger partial charge in [0.2, 0.25) is 0 Å². The van der Waals surface area contributed by atoms with E-state index < -0.39 is 0 Å². The van der Waals surface area contributed by atoms with E-state index in [2.05, 4.69) is 5.32 Å². The maximum Gasteiger partial charge on any atom is 0.287 e. The molecule has 2 amide bonds. The Bertz CT molecular complexity index is 1040. The molecule has 170 valence electrons. The van der Waals surface area contributed by atoms with Crippen LogP contribution < -0.4 is 5.32 Å². The van der Waals surface area contributed by atoms with E-state index in [0.717, 1.165) is 18.5 Å². The normalized spacial score (nSPS) is 11.9. The third kappa shape index (κ3) is 5.87. The minimum Gasteiger partial charge on any atom is -0.454 e. The second-order valence-corrected chi connectivity index (χ2v) is 7.91. The molecule has 1 aromatic carbocycles. The van der Waals surface area contributed by atoms with Crippen molar-refractivity contribution in [2.24, 2.45) is 0 Å². The van der Waals surface area contributed by atoms with Crippen LogP contribution in [0.3, 0.4) is 0 Å². The fourth-order valence-corrected chi connectivity index (χ4v) is 3.39. The van der Waals surface area contributed by atoms with Crippen LogP contribution in [0.1, 0.15) is 66.0 Å². The van der Waals surface area contributed by atoms with Crippen molar-refractivity contribution in [3.05, 3.63) is 83.3 Å². The number of amides is 2. The first-order valence-electron chi connectivity index (χ1n) is 11.0. The molecule has 0 fully saturated rings. The molecule has 0 spiro atoms. The van der Waals surface area contributed by atoms with Crippen molar-refractivity contribution >= 4 is 11.8 Å². The lowest BCUT2D eigenvalue weighted by atomic mass is 10.2. The summed E-state index contributed by atoms with van der Waals surface area (Å²) in [4.78, 5) is 27.0. The van der Waals surface area contributed by atoms with Crippen molar-refractivity contribution in [3.8, 4) is 0 Å². The van der Waals surface area contributed by atoms with Gasteiger partial charge in [-0.2, -0.15) is 0 Å². The van der Waals surface area contributed by atoms with Gasteiger partial charge in [-0.15, -0.1) is 0 Å². The quantitative estimate of drug-likeness (QED) is 0.491. The second-order valence-electron chi connectivity index (χ2n) is 7.91. The van der Waals surface area contributed by atoms with E-state index in [9.17, 15) is 14.0 Å². The minimum atomic E-state index is -0.367. The van der Waals surface area contributed by atoms with E-state index in [1.807, 2.05) is 43.7 Å². The highest BCUT2D eigenvalue weighted by Crippen LogP contribution is 2.16. The molecule has 0 aliphatic carbocycles. The summed E-state index contributed by atoms with van der Waals surface area (Å²) in [6.07, 6.45) is 3.57. The third-order valence-electron chi connectivity index (χ3n) is 5.35. The van der Waals surface area contributed by atoms with Crippen LogP contribution in [0.2, 0.25) is 0 Å². The lowest BCUT2D eigenvalue weighted by Crippen LogP contribution is -2.32. The van der Waals surface area contributed by atoms with Gasteiger partial charge in [0, 0.05) is 30.0 Å². The molecule has 0 radical (unpaired) electrons. The predicted molar refractivity (Wildman–Crippen MR) is 121 cm³/mol. The molecule has 0 saturated heterocycles. The van der Waals surface area contributed by atoms with Gasteiger partial charge < -0.3 is 19.2 Å². The molecule has 2 heterocycles. The SMILES string of the molecule is CCCN(Cc1cccn1Cc1ccc(C(=O)NC(C)CC)o1)C(=O)c1ccc(F)cc1. The van der Waals surface area contributed by atoms with E-state index in [1.54, 1.807) is 17.0 Å². The molecule has 0 saturated carbocycles. The van der Waals surface area contributed by atoms with Gasteiger partial charge in [0.15, 0.2) is 5.76 Å². The van der Waals surface area contributed by atoms with Crippen molar-refractivity contribution in [2.45, 2.75) is 52.7 Å². The summed E-state index contributed by atoms with van der Waals surface area (Å²) in [6.45, 7) is 7.42. The third-order valence-corrected chi connectivity index (χ3v) is 5.35. The maximum atomic E-state index is 13.2. The lowest BCUT2D eigenvalue weighted by Gasteiger charge is -2.23. The summed E-state index contributed by atoms with van der Waals surface area (Å²) in [5.74, 6) is 0.212. The number of furan rings is 1. The molecule has 1 unspecified atom stereocenters. The van der Waals surface area contributed by atoms with Gasteiger partial charge in [0.25, 0.3) is 11.8 Å². The Morgan fingerprint density at radius 2 is 1.88 bits per heavy atom. The molecule has 0 aliphatic rings. The van der Waals surface area contributed by atoms with Gasteiger partial charge in [-0.1, -0.05) is 13.8 Å². The highest BCUT2D eigenvalue weighted by atomic mass is 19.1. The number of hydrogen-bond donors (Lipinski definition) is 1. The molecule has 0 bridgehead atoms. The summed E-state index contributed by atoms with van der Waals surface area (Å²) in [6, 6.07) is 13.0. The monoisotopic (exact) mass is 439 g/mol. The van der Waals surface area contributed by atoms with E-state index in [-0.39, 0.29) is 29.4 Å². The minimum absolute atomic E-state index is 0.0790. The summed E-state index contributed by atoms with van der Waals surface area (Å²) >= 11 is 0. The molecule has 6 nitrogen and oxygen atoms in total. The van der Waals surface area contributed by atoms with Crippen LogP contribution >= 0.6 is 0 Å². The Labute approximate surface area is 188 Å². The van der Waals surface area contributed by atoms with E-state index >= 15 is 0 Å². The average Bonchev–Trinajstić information content (AvgIpc) is 3.43. The van der Waals surface area contributed by atoms with E-state index in [4.69, 9.17) is 4.42 Å². The molecule has 0 aliphatic heterocycles. The van der Waals surface area contributed by atoms with Gasteiger partial charge in [-0.25, -0.2) is 4.39 Å². The number of aromatic nitrogens is 1. The summed E-state index contributed by atoms with van der Waals surface area (Å²) < 4.78 is 21.0. The first-order valence-corrected chi connectivity index (χ1v) is 11.0. The van der Waals surface area contributed by atoms with Crippen molar-refractivity contribution in [1.29, 1.82) is 0 Å². The topological polar surface area (TPSA) is 67.5 Å². The van der Waals surface area contributed by atoms with Gasteiger partial charge >= 0.3 is 0 Å². The first-order chi connectivity index (χ1) is 15.4. The van der Waals surface area contributed by atoms with Crippen molar-refractivity contribution in [1.82, 2.24) is 14.8 Å². The predicted octanol–water partition coefficient (Wildman–Crippen LogP) is 4.85. The molecular weight excluding hydrogens is 409 g/mol. The zero-order valence-corrected chi connectivity index (χ0v) is 18.8. The zero-order valence-electron chi connectivity index (χ0n) is 18.8. The van der Waals surface area contributed by atoms with Crippen LogP contribution in [0, 0.1) is 5.82 Å². The van der Waals surface area contributed by atoms with Gasteiger partial charge in [-0.05, 0) is 68.3 Å². The van der Waals surface area contributed by atoms with Crippen LogP contribution in [0.4, 0.5) is 4.39 Å². The number of nitrogens with one attached hydrogen (secondary N) is 1. The highest BCUT2D eigenvalue weighted by Gasteiger charge is 2.18. The highest BCUT2D eigenvalue weighted by molar-refractivity contribution is 5.94. The Balaban J connectivity index is 1.71. The molecule has 1 N–H and O–H groups in total. The summed E-state index contributed by atoms with van der Waals surface area (Å²) in [5.41, 5.74) is 1.40. The lowest BCUT2D eigenvalue weighted by molar-refractivity contribution is 0.0739. The fourth-order valence-electron chi connectivity index (χ4n) is 3.39. The Morgan fingerprint density at radius 1 is 1.12 bits per heavy atom. The molecule has 1 atom stereocenters. The summed E-state index contributed by atoms with van der Waals surface area (Å²) in [5, 5.41) is 2.89. The zero-order chi connectivity index (χ0) is 23.1. The largest absolute Gasteiger partial charge is 0.454 e. The molecular formula is C25H30FN3O3. The molecule has 32 heavy (non-hydrogen) atoms. The van der Waals surface area contributed by atoms with Gasteiger partial charge in [0.05, 0.1) is 13.1 Å². The molecule has 3 aromatic rings. The number of halogens is 1. The van der Waals surface area contributed by atoms with Crippen LogP contribution in [0.15, 0.2) is 59.1 Å². The fraction of sp³-hybridized carbons (Fsp3) is 0.360. The Morgan fingerprint density at radius 3 is 2.56 bits per heavy atom. The van der Waals surface area contributed by atoms with Crippen molar-refractivity contribution in [2.75, 3.05) is 6.54 Å². The Hall–Kier alpha value is -3.35. The standard InChI is InChI=1S/C25H30FN3O3/c1-4-14-29(25(31)19-8-10-20(26)11-9-19)16-21-7-6-15-28(21)17-22-12-13-23(32-22)24(30)27-18(3)5-2/h6-13,15,18H,4-5,14,16-17H2,1-3H3,(H,27,30). The van der Waals surface area contributed by atoms with Crippen LogP contribution in [-0.4, -0.2) is 33.9 Å². The molecule has 3 rings (SSSR count). The van der Waals surface area contributed by atoms with Crippen LogP contribution in [0.5, 0.6) is 0 Å². The van der Waals surface area contributed by atoms with Crippen LogP contribution in [-0.2, 0) is 13.1 Å². The number of benzene rings is 1. The average molecular weight is 440 g/mol. The van der Waals surface area contributed by atoms with Crippen LogP contribution in [0.25, 0.3) is 0 Å². The summed E-state index contributed by atoms with van der Waals surface area (Å²) in [7, 11) is 0. The number of carbonyl (C=O) groups is 2. The van der Waals surface area contributed by atoms with E-state index in [0.29, 0.717) is 31.0 Å². The number of hydrogen-bond acceptors (Lipinski definition) is 3. The smallest absolute Gasteiger partial charge is 0.287 e. The Kier molecular flexibility index (Phi) is 7.87. The second kappa shape index (κ2) is 10.8. The number of rotatable bonds is 10. The van der Waals surface area contributed by atoms with Gasteiger partial charge in [-0.3, -0.25) is 9.59 Å². The van der Waals surface area contributed by atoms with Gasteiger partial charge in [0.1, 0.15) is 11.6 Å². The molecule has 2 aromatic heterocycles. The molecule has 7 heteroatoms. The van der Waals surface area contributed by atoms with Crippen molar-refractivity contribution in [3.63, 3.8) is 0 Å². The van der Waals surface area contributed by atoms with Crippen molar-refractivity contribution < 1.29 is 18.4 Å².